The molecule has 0 spiro atoms. The first-order chi connectivity index (χ1) is 18.6. The van der Waals surface area contributed by atoms with Gasteiger partial charge in [-0.25, -0.2) is 8.42 Å². The molecular formula is C29H41N3O6S. The predicted octanol–water partition coefficient (Wildman–Crippen LogP) is 4.03. The van der Waals surface area contributed by atoms with Crippen LogP contribution in [0.2, 0.25) is 0 Å². The van der Waals surface area contributed by atoms with Crippen molar-refractivity contribution in [3.63, 3.8) is 0 Å². The zero-order valence-electron chi connectivity index (χ0n) is 23.6. The molecule has 2 aromatic carbocycles. The molecule has 3 rings (SSSR count). The highest BCUT2D eigenvalue weighted by Gasteiger charge is 2.33. The molecule has 9 nitrogen and oxygen atoms in total. The maximum atomic E-state index is 14.0. The zero-order chi connectivity index (χ0) is 28.6. The van der Waals surface area contributed by atoms with Gasteiger partial charge >= 0.3 is 0 Å². The van der Waals surface area contributed by atoms with Crippen LogP contribution in [0.1, 0.15) is 56.6 Å². The Labute approximate surface area is 232 Å². The molecule has 2 aromatic rings. The van der Waals surface area contributed by atoms with Crippen LogP contribution in [0.5, 0.6) is 11.5 Å². The summed E-state index contributed by atoms with van der Waals surface area (Å²) in [6.45, 7) is 3.37. The number of hydrogen-bond donors (Lipinski definition) is 1. The van der Waals surface area contributed by atoms with Gasteiger partial charge in [0.05, 0.1) is 26.2 Å². The molecule has 39 heavy (non-hydrogen) atoms. The number of carbonyl (C=O) groups excluding carboxylic acids is 2. The quantitative estimate of drug-likeness (QED) is 0.421. The van der Waals surface area contributed by atoms with E-state index in [0.29, 0.717) is 17.9 Å². The Bertz CT molecular complexity index is 1230. The fourth-order valence-electron chi connectivity index (χ4n) is 4.98. The van der Waals surface area contributed by atoms with Crippen molar-refractivity contribution >= 4 is 27.5 Å². The minimum atomic E-state index is -3.86. The SMILES string of the molecule is CC[C@H](C(=O)NC1CCCCC1)N(Cc1ccc(OC)cc1)C(=O)CN(c1cc(C)ccc1OC)S(C)(=O)=O. The van der Waals surface area contributed by atoms with Crippen LogP contribution in [0, 0.1) is 6.92 Å². The normalized spacial score (nSPS) is 14.8. The molecule has 1 atom stereocenters. The fourth-order valence-corrected chi connectivity index (χ4v) is 5.83. The van der Waals surface area contributed by atoms with Crippen molar-refractivity contribution in [1.29, 1.82) is 0 Å². The molecule has 0 aromatic heterocycles. The summed E-state index contributed by atoms with van der Waals surface area (Å²) in [6.07, 6.45) is 6.58. The molecule has 0 unspecified atom stereocenters. The van der Waals surface area contributed by atoms with Gasteiger partial charge in [-0.3, -0.25) is 13.9 Å². The van der Waals surface area contributed by atoms with E-state index in [0.717, 1.165) is 53.8 Å². The van der Waals surface area contributed by atoms with Crippen molar-refractivity contribution in [1.82, 2.24) is 10.2 Å². The van der Waals surface area contributed by atoms with Crippen molar-refractivity contribution in [3.05, 3.63) is 53.6 Å². The van der Waals surface area contributed by atoms with Gasteiger partial charge in [-0.05, 0) is 61.6 Å². The zero-order valence-corrected chi connectivity index (χ0v) is 24.4. The van der Waals surface area contributed by atoms with E-state index in [2.05, 4.69) is 5.32 Å². The molecule has 0 radical (unpaired) electrons. The van der Waals surface area contributed by atoms with Crippen molar-refractivity contribution in [3.8, 4) is 11.5 Å². The van der Waals surface area contributed by atoms with Crippen molar-refractivity contribution < 1.29 is 27.5 Å². The molecule has 1 aliphatic carbocycles. The number of sulfonamides is 1. The number of methoxy groups -OCH3 is 2. The van der Waals surface area contributed by atoms with Crippen molar-refractivity contribution in [2.45, 2.75) is 71.0 Å². The molecule has 1 saturated carbocycles. The molecule has 1 aliphatic rings. The first kappa shape index (κ1) is 30.3. The highest BCUT2D eigenvalue weighted by atomic mass is 32.2. The lowest BCUT2D eigenvalue weighted by Crippen LogP contribution is -2.54. The number of amides is 2. The van der Waals surface area contributed by atoms with Gasteiger partial charge in [0.25, 0.3) is 0 Å². The van der Waals surface area contributed by atoms with Gasteiger partial charge in [0.2, 0.25) is 21.8 Å². The van der Waals surface area contributed by atoms with Gasteiger partial charge in [-0.2, -0.15) is 0 Å². The van der Waals surface area contributed by atoms with Crippen LogP contribution in [-0.4, -0.2) is 64.2 Å². The Morgan fingerprint density at radius 1 is 1.03 bits per heavy atom. The number of ether oxygens (including phenoxy) is 2. The highest BCUT2D eigenvalue weighted by Crippen LogP contribution is 2.31. The number of carbonyl (C=O) groups is 2. The van der Waals surface area contributed by atoms with Gasteiger partial charge < -0.3 is 19.7 Å². The number of hydrogen-bond acceptors (Lipinski definition) is 6. The largest absolute Gasteiger partial charge is 0.497 e. The standard InChI is InChI=1S/C29H41N3O6S/c1-6-25(29(34)30-23-10-8-7-9-11-23)31(19-22-13-15-24(37-3)16-14-22)28(33)20-32(39(5,35)36)26-18-21(2)12-17-27(26)38-4/h12-18,23,25H,6-11,19-20H2,1-5H3,(H,30,34)/t25-/m1/s1. The summed E-state index contributed by atoms with van der Waals surface area (Å²) in [7, 11) is -0.835. The van der Waals surface area contributed by atoms with Crippen LogP contribution < -0.4 is 19.1 Å². The van der Waals surface area contributed by atoms with Crippen LogP contribution in [0.15, 0.2) is 42.5 Å². The molecule has 2 amide bonds. The summed E-state index contributed by atoms with van der Waals surface area (Å²) in [6, 6.07) is 11.7. The maximum absolute atomic E-state index is 14.0. The second-order valence-corrected chi connectivity index (χ2v) is 12.0. The molecule has 0 saturated heterocycles. The number of anilines is 1. The first-order valence-corrected chi connectivity index (χ1v) is 15.3. The number of rotatable bonds is 12. The van der Waals surface area contributed by atoms with Crippen LogP contribution >= 0.6 is 0 Å². The summed E-state index contributed by atoms with van der Waals surface area (Å²) >= 11 is 0. The number of nitrogens with one attached hydrogen (secondary N) is 1. The van der Waals surface area contributed by atoms with Gasteiger partial charge in [0, 0.05) is 12.6 Å². The Hall–Kier alpha value is -3.27. The van der Waals surface area contributed by atoms with Crippen molar-refractivity contribution in [2.24, 2.45) is 0 Å². The van der Waals surface area contributed by atoms with Crippen LogP contribution in [-0.2, 0) is 26.2 Å². The molecule has 0 heterocycles. The lowest BCUT2D eigenvalue weighted by Gasteiger charge is -2.34. The molecule has 214 valence electrons. The number of benzene rings is 2. The number of nitrogens with zero attached hydrogens (tertiary/aromatic N) is 2. The summed E-state index contributed by atoms with van der Waals surface area (Å²) in [5.74, 6) is 0.312. The van der Waals surface area contributed by atoms with E-state index in [1.807, 2.05) is 32.0 Å². The van der Waals surface area contributed by atoms with E-state index in [1.165, 1.54) is 12.0 Å². The monoisotopic (exact) mass is 559 g/mol. The van der Waals surface area contributed by atoms with Crippen molar-refractivity contribution in [2.75, 3.05) is 31.3 Å². The third-order valence-corrected chi connectivity index (χ3v) is 8.26. The van der Waals surface area contributed by atoms with Gasteiger partial charge in [0.1, 0.15) is 24.1 Å². The second-order valence-electron chi connectivity index (χ2n) is 10.1. The second kappa shape index (κ2) is 13.7. The predicted molar refractivity (Wildman–Crippen MR) is 153 cm³/mol. The molecule has 0 aliphatic heterocycles. The van der Waals surface area contributed by atoms with E-state index < -0.39 is 28.5 Å². The van der Waals surface area contributed by atoms with E-state index in [4.69, 9.17) is 9.47 Å². The third-order valence-electron chi connectivity index (χ3n) is 7.13. The lowest BCUT2D eigenvalue weighted by atomic mass is 9.95. The topological polar surface area (TPSA) is 105 Å². The number of aryl methyl sites for hydroxylation is 1. The summed E-state index contributed by atoms with van der Waals surface area (Å²) in [5.41, 5.74) is 1.89. The third kappa shape index (κ3) is 8.11. The average Bonchev–Trinajstić information content (AvgIpc) is 2.91. The maximum Gasteiger partial charge on any atom is 0.244 e. The first-order valence-electron chi connectivity index (χ1n) is 13.4. The molecule has 10 heteroatoms. The summed E-state index contributed by atoms with van der Waals surface area (Å²) < 4.78 is 37.6. The van der Waals surface area contributed by atoms with Crippen LogP contribution in [0.25, 0.3) is 0 Å². The Balaban J connectivity index is 1.96. The minimum absolute atomic E-state index is 0.0855. The van der Waals surface area contributed by atoms with Crippen LogP contribution in [0.4, 0.5) is 5.69 Å². The summed E-state index contributed by atoms with van der Waals surface area (Å²) in [4.78, 5) is 28.9. The fraction of sp³-hybridized carbons (Fsp3) is 0.517. The Morgan fingerprint density at radius 2 is 1.69 bits per heavy atom. The molecule has 1 N–H and O–H groups in total. The van der Waals surface area contributed by atoms with E-state index >= 15 is 0 Å². The highest BCUT2D eigenvalue weighted by molar-refractivity contribution is 7.92. The van der Waals surface area contributed by atoms with Crippen LogP contribution in [0.3, 0.4) is 0 Å². The molecule has 1 fully saturated rings. The van der Waals surface area contributed by atoms with Gasteiger partial charge in [-0.1, -0.05) is 44.4 Å². The van der Waals surface area contributed by atoms with E-state index in [-0.39, 0.29) is 24.2 Å². The molecule has 0 bridgehead atoms. The minimum Gasteiger partial charge on any atom is -0.497 e. The Morgan fingerprint density at radius 3 is 2.26 bits per heavy atom. The smallest absolute Gasteiger partial charge is 0.244 e. The molecular weight excluding hydrogens is 518 g/mol. The lowest BCUT2D eigenvalue weighted by molar-refractivity contribution is -0.140. The van der Waals surface area contributed by atoms with E-state index in [1.54, 1.807) is 31.4 Å². The van der Waals surface area contributed by atoms with Gasteiger partial charge in [-0.15, -0.1) is 0 Å². The van der Waals surface area contributed by atoms with Gasteiger partial charge in [0.15, 0.2) is 0 Å². The summed E-state index contributed by atoms with van der Waals surface area (Å²) in [5, 5.41) is 3.15. The van der Waals surface area contributed by atoms with E-state index in [9.17, 15) is 18.0 Å². The Kier molecular flexibility index (Phi) is 10.6. The average molecular weight is 560 g/mol.